The van der Waals surface area contributed by atoms with E-state index in [2.05, 4.69) is 20.9 Å². The SMILES string of the molecule is Cn1cc[n+](C)c1/N=N/c1ccc(NCCNCC(N)Cl)cc1. The summed E-state index contributed by atoms with van der Waals surface area (Å²) in [5.74, 6) is 0.788. The number of aryl methyl sites for hydroxylation is 2. The summed E-state index contributed by atoms with van der Waals surface area (Å²) in [6, 6.07) is 7.81. The highest BCUT2D eigenvalue weighted by atomic mass is 35.5. The third-order valence-electron chi connectivity index (χ3n) is 3.24. The summed E-state index contributed by atoms with van der Waals surface area (Å²) in [7, 11) is 3.87. The van der Waals surface area contributed by atoms with E-state index >= 15 is 0 Å². The minimum absolute atomic E-state index is 0.342. The largest absolute Gasteiger partial charge is 0.421 e. The van der Waals surface area contributed by atoms with Gasteiger partial charge in [-0.25, -0.2) is 9.13 Å². The molecular formula is C15H23ClN7+. The fraction of sp³-hybridized carbons (Fsp3) is 0.400. The van der Waals surface area contributed by atoms with Gasteiger partial charge in [-0.15, -0.1) is 11.6 Å². The molecular weight excluding hydrogens is 314 g/mol. The minimum atomic E-state index is -0.342. The number of anilines is 1. The van der Waals surface area contributed by atoms with Crippen LogP contribution in [0.15, 0.2) is 46.9 Å². The summed E-state index contributed by atoms with van der Waals surface area (Å²) in [5.41, 5.74) is 6.94. The lowest BCUT2D eigenvalue weighted by Gasteiger charge is -2.08. The van der Waals surface area contributed by atoms with Crippen molar-refractivity contribution >= 4 is 28.9 Å². The molecule has 23 heavy (non-hydrogen) atoms. The fourth-order valence-electron chi connectivity index (χ4n) is 2.01. The van der Waals surface area contributed by atoms with Crippen LogP contribution in [0.1, 0.15) is 0 Å². The standard InChI is InChI=1S/C15H22ClN7/c1-22-9-10-23(2)15(22)21-20-13-5-3-12(4-6-13)19-8-7-18-11-14(16)17/h3-6,9-10,14,18H,7-8,11,17H2,1-2H3/p+1. The number of nitrogens with zero attached hydrogens (tertiary/aromatic N) is 4. The Morgan fingerprint density at radius 1 is 1.26 bits per heavy atom. The monoisotopic (exact) mass is 336 g/mol. The van der Waals surface area contributed by atoms with E-state index in [4.69, 9.17) is 17.3 Å². The van der Waals surface area contributed by atoms with Gasteiger partial charge in [0, 0.05) is 30.4 Å². The predicted octanol–water partition coefficient (Wildman–Crippen LogP) is 1.79. The molecule has 1 aromatic carbocycles. The predicted molar refractivity (Wildman–Crippen MR) is 92.4 cm³/mol. The number of hydrogen-bond donors (Lipinski definition) is 3. The van der Waals surface area contributed by atoms with Crippen LogP contribution in [0, 0.1) is 0 Å². The number of rotatable bonds is 8. The first-order chi connectivity index (χ1) is 11.1. The topological polar surface area (TPSA) is 83.6 Å². The Bertz CT molecular complexity index is 614. The second-order valence-corrected chi connectivity index (χ2v) is 5.77. The Labute approximate surface area is 141 Å². The van der Waals surface area contributed by atoms with Gasteiger partial charge in [-0.2, -0.15) is 0 Å². The van der Waals surface area contributed by atoms with Crippen molar-refractivity contribution in [3.63, 3.8) is 0 Å². The van der Waals surface area contributed by atoms with E-state index < -0.39 is 0 Å². The van der Waals surface area contributed by atoms with Gasteiger partial charge in [0.25, 0.3) is 0 Å². The molecule has 0 aliphatic rings. The van der Waals surface area contributed by atoms with E-state index in [0.717, 1.165) is 30.4 Å². The van der Waals surface area contributed by atoms with Gasteiger partial charge in [-0.3, -0.25) is 0 Å². The molecule has 0 saturated carbocycles. The summed E-state index contributed by atoms with van der Waals surface area (Å²) >= 11 is 5.65. The van der Waals surface area contributed by atoms with Gasteiger partial charge >= 0.3 is 5.95 Å². The molecule has 1 heterocycles. The molecule has 8 heteroatoms. The Kier molecular flexibility index (Phi) is 6.52. The first-order valence-electron chi connectivity index (χ1n) is 7.43. The van der Waals surface area contributed by atoms with Crippen LogP contribution >= 0.6 is 11.6 Å². The highest BCUT2D eigenvalue weighted by Crippen LogP contribution is 2.18. The number of azo groups is 1. The van der Waals surface area contributed by atoms with E-state index in [1.807, 2.05) is 59.9 Å². The van der Waals surface area contributed by atoms with Gasteiger partial charge < -0.3 is 16.4 Å². The Morgan fingerprint density at radius 2 is 2.00 bits per heavy atom. The number of benzene rings is 1. The van der Waals surface area contributed by atoms with Crippen molar-refractivity contribution in [2.24, 2.45) is 30.1 Å². The number of aromatic nitrogens is 2. The molecule has 1 atom stereocenters. The Morgan fingerprint density at radius 3 is 2.61 bits per heavy atom. The first-order valence-corrected chi connectivity index (χ1v) is 7.87. The van der Waals surface area contributed by atoms with Crippen LogP contribution in [0.5, 0.6) is 0 Å². The molecule has 0 spiro atoms. The molecule has 7 nitrogen and oxygen atoms in total. The number of imidazole rings is 1. The summed E-state index contributed by atoms with van der Waals surface area (Å²) < 4.78 is 3.83. The molecule has 2 rings (SSSR count). The average Bonchev–Trinajstić information content (AvgIpc) is 2.84. The fourth-order valence-corrected chi connectivity index (χ4v) is 2.12. The highest BCUT2D eigenvalue weighted by Gasteiger charge is 2.10. The van der Waals surface area contributed by atoms with Gasteiger partial charge in [0.05, 0.1) is 32.0 Å². The molecule has 2 aromatic rings. The third-order valence-corrected chi connectivity index (χ3v) is 3.39. The van der Waals surface area contributed by atoms with Gasteiger partial charge in [-0.1, -0.05) is 5.11 Å². The van der Waals surface area contributed by atoms with Crippen LogP contribution in [0.3, 0.4) is 0 Å². The van der Waals surface area contributed by atoms with Crippen LogP contribution in [0.4, 0.5) is 17.3 Å². The van der Waals surface area contributed by atoms with Crippen LogP contribution < -0.4 is 20.9 Å². The minimum Gasteiger partial charge on any atom is -0.384 e. The smallest absolute Gasteiger partial charge is 0.384 e. The van der Waals surface area contributed by atoms with Crippen molar-refractivity contribution < 1.29 is 4.57 Å². The van der Waals surface area contributed by atoms with E-state index in [1.165, 1.54) is 0 Å². The number of nitrogens with two attached hydrogens (primary N) is 1. The van der Waals surface area contributed by atoms with E-state index in [0.29, 0.717) is 6.54 Å². The molecule has 0 saturated heterocycles. The Hall–Kier alpha value is -1.96. The molecule has 0 bridgehead atoms. The zero-order chi connectivity index (χ0) is 16.7. The molecule has 4 N–H and O–H groups in total. The van der Waals surface area contributed by atoms with Gasteiger partial charge in [0.2, 0.25) is 0 Å². The second-order valence-electron chi connectivity index (χ2n) is 5.21. The van der Waals surface area contributed by atoms with E-state index in [1.54, 1.807) is 0 Å². The Balaban J connectivity index is 1.83. The number of halogens is 1. The van der Waals surface area contributed by atoms with Crippen molar-refractivity contribution in [2.45, 2.75) is 5.50 Å². The van der Waals surface area contributed by atoms with Crippen molar-refractivity contribution in [1.29, 1.82) is 0 Å². The van der Waals surface area contributed by atoms with Crippen molar-refractivity contribution in [3.05, 3.63) is 36.7 Å². The summed E-state index contributed by atoms with van der Waals surface area (Å²) in [4.78, 5) is 0. The van der Waals surface area contributed by atoms with Gasteiger partial charge in [-0.05, 0) is 24.3 Å². The van der Waals surface area contributed by atoms with Crippen LogP contribution in [0.25, 0.3) is 0 Å². The summed E-state index contributed by atoms with van der Waals surface area (Å²) in [6.45, 7) is 2.19. The van der Waals surface area contributed by atoms with Crippen molar-refractivity contribution in [2.75, 3.05) is 25.0 Å². The van der Waals surface area contributed by atoms with Gasteiger partial charge in [0.15, 0.2) is 0 Å². The highest BCUT2D eigenvalue weighted by molar-refractivity contribution is 6.20. The number of alkyl halides is 1. The molecule has 1 unspecified atom stereocenters. The molecule has 0 fully saturated rings. The molecule has 0 radical (unpaired) electrons. The second kappa shape index (κ2) is 8.61. The molecule has 124 valence electrons. The number of hydrogen-bond acceptors (Lipinski definition) is 5. The van der Waals surface area contributed by atoms with Crippen LogP contribution in [-0.4, -0.2) is 29.7 Å². The van der Waals surface area contributed by atoms with E-state index in [9.17, 15) is 0 Å². The maximum Gasteiger partial charge on any atom is 0.421 e. The van der Waals surface area contributed by atoms with Crippen LogP contribution in [-0.2, 0) is 14.1 Å². The lowest BCUT2D eigenvalue weighted by Crippen LogP contribution is -2.32. The first kappa shape index (κ1) is 17.4. The van der Waals surface area contributed by atoms with Crippen molar-refractivity contribution in [3.8, 4) is 0 Å². The normalized spacial score (nSPS) is 12.7. The number of nitrogens with one attached hydrogen (secondary N) is 2. The summed E-state index contributed by atoms with van der Waals surface area (Å²) in [6.07, 6.45) is 3.87. The maximum atomic E-state index is 5.65. The third kappa shape index (κ3) is 5.63. The van der Waals surface area contributed by atoms with E-state index in [-0.39, 0.29) is 5.50 Å². The zero-order valence-corrected chi connectivity index (χ0v) is 14.2. The maximum absolute atomic E-state index is 5.65. The van der Waals surface area contributed by atoms with Crippen molar-refractivity contribution in [1.82, 2.24) is 9.88 Å². The summed E-state index contributed by atoms with van der Waals surface area (Å²) in [5, 5.41) is 15.0. The zero-order valence-electron chi connectivity index (χ0n) is 13.4. The van der Waals surface area contributed by atoms with Gasteiger partial charge in [0.1, 0.15) is 5.69 Å². The lowest BCUT2D eigenvalue weighted by atomic mass is 10.3. The average molecular weight is 337 g/mol. The lowest BCUT2D eigenvalue weighted by molar-refractivity contribution is -0.657. The molecule has 0 aliphatic carbocycles. The molecule has 0 amide bonds. The molecule has 1 aromatic heterocycles. The molecule has 0 aliphatic heterocycles. The van der Waals surface area contributed by atoms with Crippen LogP contribution in [0.2, 0.25) is 0 Å². The quantitative estimate of drug-likeness (QED) is 0.226.